The third-order valence-corrected chi connectivity index (χ3v) is 4.87. The van der Waals surface area contributed by atoms with Crippen LogP contribution in [-0.2, 0) is 14.8 Å². The van der Waals surface area contributed by atoms with Gasteiger partial charge in [-0.05, 0) is 24.6 Å². The number of rotatable bonds is 8. The fourth-order valence-corrected chi connectivity index (χ4v) is 3.11. The summed E-state index contributed by atoms with van der Waals surface area (Å²) >= 11 is 0. The molecule has 0 saturated carbocycles. The van der Waals surface area contributed by atoms with Gasteiger partial charge in [0.2, 0.25) is 27.1 Å². The number of phenolic OH excluding ortho intramolecular Hbond substituents is 1. The van der Waals surface area contributed by atoms with Crippen LogP contribution in [0.2, 0.25) is 0 Å². The van der Waals surface area contributed by atoms with Gasteiger partial charge < -0.3 is 24.7 Å². The molecule has 0 unspecified atom stereocenters. The van der Waals surface area contributed by atoms with Crippen LogP contribution in [0.15, 0.2) is 33.5 Å². The molecular formula is C18H22N2O8S. The summed E-state index contributed by atoms with van der Waals surface area (Å²) in [4.78, 5) is 24.3. The van der Waals surface area contributed by atoms with Gasteiger partial charge in [-0.2, -0.15) is 0 Å². The number of carbonyl (C=O) groups excluding carboxylic acids is 1. The molecule has 1 amide bonds. The number of methoxy groups -OCH3 is 1. The molecule has 1 atom stereocenters. The number of amides is 1. The highest BCUT2D eigenvalue weighted by molar-refractivity contribution is 7.89. The smallest absolute Gasteiger partial charge is 0.227 e. The molecule has 158 valence electrons. The third kappa shape index (κ3) is 5.96. The second-order valence-electron chi connectivity index (χ2n) is 6.34. The van der Waals surface area contributed by atoms with Crippen LogP contribution in [0.25, 0.3) is 0 Å². The lowest BCUT2D eigenvalue weighted by atomic mass is 9.91. The van der Waals surface area contributed by atoms with Crippen LogP contribution in [0.3, 0.4) is 0 Å². The SMILES string of the molecule is COc1cc([C@H](CC(=O)NCCS(N)(=O)=O)c2oc(C)cc(=O)c2O)ccc1O. The topological polar surface area (TPSA) is 169 Å². The summed E-state index contributed by atoms with van der Waals surface area (Å²) in [7, 11) is -2.40. The number of benzene rings is 1. The van der Waals surface area contributed by atoms with Crippen molar-refractivity contribution in [3.8, 4) is 17.2 Å². The van der Waals surface area contributed by atoms with Crippen molar-refractivity contribution in [3.05, 3.63) is 51.6 Å². The van der Waals surface area contributed by atoms with Crippen LogP contribution >= 0.6 is 0 Å². The van der Waals surface area contributed by atoms with E-state index in [1.807, 2.05) is 0 Å². The molecule has 0 fully saturated rings. The van der Waals surface area contributed by atoms with Gasteiger partial charge in [0.15, 0.2) is 17.3 Å². The Labute approximate surface area is 167 Å². The van der Waals surface area contributed by atoms with Gasteiger partial charge in [-0.1, -0.05) is 6.07 Å². The van der Waals surface area contributed by atoms with Gasteiger partial charge >= 0.3 is 0 Å². The zero-order valence-corrected chi connectivity index (χ0v) is 16.7. The minimum absolute atomic E-state index is 0.122. The van der Waals surface area contributed by atoms with E-state index in [0.717, 1.165) is 6.07 Å². The van der Waals surface area contributed by atoms with Crippen LogP contribution in [0, 0.1) is 6.92 Å². The van der Waals surface area contributed by atoms with Crippen molar-refractivity contribution < 1.29 is 32.6 Å². The molecule has 0 saturated heterocycles. The van der Waals surface area contributed by atoms with Crippen molar-refractivity contribution in [2.24, 2.45) is 5.14 Å². The van der Waals surface area contributed by atoms with Crippen molar-refractivity contribution >= 4 is 15.9 Å². The highest BCUT2D eigenvalue weighted by atomic mass is 32.2. The Kier molecular flexibility index (Phi) is 6.88. The van der Waals surface area contributed by atoms with Gasteiger partial charge in [-0.25, -0.2) is 13.6 Å². The molecule has 5 N–H and O–H groups in total. The number of phenols is 1. The Morgan fingerprint density at radius 1 is 1.31 bits per heavy atom. The Hall–Kier alpha value is -3.05. The highest BCUT2D eigenvalue weighted by Gasteiger charge is 2.26. The van der Waals surface area contributed by atoms with Crippen LogP contribution < -0.4 is 20.6 Å². The molecule has 0 aliphatic rings. The van der Waals surface area contributed by atoms with E-state index in [2.05, 4.69) is 5.32 Å². The van der Waals surface area contributed by atoms with Gasteiger partial charge in [0, 0.05) is 19.0 Å². The number of primary sulfonamides is 1. The summed E-state index contributed by atoms with van der Waals surface area (Å²) in [6.45, 7) is 1.32. The minimum Gasteiger partial charge on any atom is -0.504 e. The van der Waals surface area contributed by atoms with E-state index in [0.29, 0.717) is 5.56 Å². The van der Waals surface area contributed by atoms with Crippen LogP contribution in [0.5, 0.6) is 17.2 Å². The van der Waals surface area contributed by atoms with E-state index < -0.39 is 38.8 Å². The van der Waals surface area contributed by atoms with Gasteiger partial charge in [-0.3, -0.25) is 9.59 Å². The summed E-state index contributed by atoms with van der Waals surface area (Å²) in [5, 5.41) is 27.3. The second kappa shape index (κ2) is 8.97. The zero-order chi connectivity index (χ0) is 21.8. The van der Waals surface area contributed by atoms with E-state index in [-0.39, 0.29) is 36.0 Å². The molecule has 29 heavy (non-hydrogen) atoms. The maximum absolute atomic E-state index is 12.4. The van der Waals surface area contributed by atoms with Crippen molar-refractivity contribution in [2.45, 2.75) is 19.3 Å². The van der Waals surface area contributed by atoms with Crippen molar-refractivity contribution in [2.75, 3.05) is 19.4 Å². The third-order valence-electron chi connectivity index (χ3n) is 4.09. The summed E-state index contributed by atoms with van der Waals surface area (Å²) in [5.74, 6) is -2.48. The predicted molar refractivity (Wildman–Crippen MR) is 103 cm³/mol. The highest BCUT2D eigenvalue weighted by Crippen LogP contribution is 2.37. The predicted octanol–water partition coefficient (Wildman–Crippen LogP) is 0.295. The van der Waals surface area contributed by atoms with Crippen LogP contribution in [0.1, 0.15) is 29.4 Å². The van der Waals surface area contributed by atoms with E-state index >= 15 is 0 Å². The van der Waals surface area contributed by atoms with E-state index in [4.69, 9.17) is 14.3 Å². The molecule has 0 bridgehead atoms. The molecule has 0 aliphatic carbocycles. The lowest BCUT2D eigenvalue weighted by Gasteiger charge is -2.19. The van der Waals surface area contributed by atoms with Crippen molar-refractivity contribution in [1.29, 1.82) is 0 Å². The number of aromatic hydroxyl groups is 2. The lowest BCUT2D eigenvalue weighted by molar-refractivity contribution is -0.121. The Balaban J connectivity index is 2.42. The number of carbonyl (C=O) groups is 1. The first-order valence-corrected chi connectivity index (χ1v) is 10.2. The van der Waals surface area contributed by atoms with Gasteiger partial charge in [0.1, 0.15) is 5.76 Å². The summed E-state index contributed by atoms with van der Waals surface area (Å²) in [5.41, 5.74) is -0.251. The number of sulfonamides is 1. The second-order valence-corrected chi connectivity index (χ2v) is 8.07. The molecule has 1 aromatic heterocycles. The average Bonchev–Trinajstić information content (AvgIpc) is 2.62. The van der Waals surface area contributed by atoms with Crippen molar-refractivity contribution in [3.63, 3.8) is 0 Å². The Morgan fingerprint density at radius 2 is 2.00 bits per heavy atom. The lowest BCUT2D eigenvalue weighted by Crippen LogP contribution is -2.32. The molecule has 2 aromatic rings. The summed E-state index contributed by atoms with van der Waals surface area (Å²) in [6.07, 6.45) is -0.279. The molecule has 10 nitrogen and oxygen atoms in total. The number of ether oxygens (including phenoxy) is 1. The Bertz CT molecular complexity index is 1060. The molecule has 1 aromatic carbocycles. The van der Waals surface area contributed by atoms with Crippen LogP contribution in [0.4, 0.5) is 0 Å². The molecular weight excluding hydrogens is 404 g/mol. The molecule has 11 heteroatoms. The number of hydrogen-bond acceptors (Lipinski definition) is 8. The van der Waals surface area contributed by atoms with Crippen molar-refractivity contribution in [1.82, 2.24) is 5.32 Å². The summed E-state index contributed by atoms with van der Waals surface area (Å²) in [6, 6.07) is 5.38. The number of hydrogen-bond donors (Lipinski definition) is 4. The maximum Gasteiger partial charge on any atom is 0.227 e. The quantitative estimate of drug-likeness (QED) is 0.467. The molecule has 0 radical (unpaired) electrons. The number of aryl methyl sites for hydroxylation is 1. The van der Waals surface area contributed by atoms with E-state index in [1.54, 1.807) is 0 Å². The first kappa shape index (κ1) is 22.2. The van der Waals surface area contributed by atoms with Gasteiger partial charge in [-0.15, -0.1) is 0 Å². The normalized spacial score (nSPS) is 12.4. The molecule has 2 rings (SSSR count). The average molecular weight is 426 g/mol. The molecule has 0 aliphatic heterocycles. The molecule has 1 heterocycles. The fourth-order valence-electron chi connectivity index (χ4n) is 2.72. The van der Waals surface area contributed by atoms with E-state index in [9.17, 15) is 28.2 Å². The molecule has 0 spiro atoms. The standard InChI is InChI=1S/C18H22N2O8S/c1-10-7-14(22)17(24)18(28-10)12(9-16(23)20-5-6-29(19,25)26)11-3-4-13(21)15(8-11)27-2/h3-4,7-8,12,21,24H,5-6,9H2,1-2H3,(H,20,23)(H2,19,25,26)/t12-/m0/s1. The Morgan fingerprint density at radius 3 is 2.62 bits per heavy atom. The minimum atomic E-state index is -3.74. The first-order chi connectivity index (χ1) is 13.5. The monoisotopic (exact) mass is 426 g/mol. The number of nitrogens with two attached hydrogens (primary N) is 1. The van der Waals surface area contributed by atoms with Gasteiger partial charge in [0.25, 0.3) is 0 Å². The fraction of sp³-hybridized carbons (Fsp3) is 0.333. The van der Waals surface area contributed by atoms with Gasteiger partial charge in [0.05, 0.1) is 18.8 Å². The van der Waals surface area contributed by atoms with Crippen LogP contribution in [-0.4, -0.2) is 43.9 Å². The summed E-state index contributed by atoms with van der Waals surface area (Å²) < 4.78 is 32.6. The zero-order valence-electron chi connectivity index (χ0n) is 15.8. The first-order valence-electron chi connectivity index (χ1n) is 8.49. The number of nitrogens with one attached hydrogen (secondary N) is 1. The maximum atomic E-state index is 12.4. The van der Waals surface area contributed by atoms with E-state index in [1.165, 1.54) is 32.2 Å². The largest absolute Gasteiger partial charge is 0.504 e.